The van der Waals surface area contributed by atoms with Gasteiger partial charge in [0.15, 0.2) is 17.5 Å². The van der Waals surface area contributed by atoms with Gasteiger partial charge < -0.3 is 5.32 Å². The van der Waals surface area contributed by atoms with E-state index in [1.165, 1.54) is 0 Å². The largest absolute Gasteiger partial charge is 0.367 e. The second-order valence-corrected chi connectivity index (χ2v) is 3.63. The molecule has 0 saturated heterocycles. The van der Waals surface area contributed by atoms with E-state index in [2.05, 4.69) is 15.3 Å². The van der Waals surface area contributed by atoms with E-state index in [9.17, 15) is 13.2 Å². The van der Waals surface area contributed by atoms with Crippen LogP contribution in [0.3, 0.4) is 0 Å². The van der Waals surface area contributed by atoms with E-state index in [4.69, 9.17) is 0 Å². The minimum atomic E-state index is -1.32. The highest BCUT2D eigenvalue weighted by molar-refractivity contribution is 5.36. The van der Waals surface area contributed by atoms with Gasteiger partial charge in [-0.25, -0.2) is 8.78 Å². The fourth-order valence-corrected chi connectivity index (χ4v) is 1.44. The molecular weight excluding hydrogens is 243 g/mol. The van der Waals surface area contributed by atoms with Crippen molar-refractivity contribution >= 4 is 5.82 Å². The maximum Gasteiger partial charge on any atom is 0.251 e. The lowest BCUT2D eigenvalue weighted by Crippen LogP contribution is -2.09. The molecule has 94 valence electrons. The van der Waals surface area contributed by atoms with Crippen LogP contribution in [0.25, 0.3) is 0 Å². The SMILES string of the molecule is Fc1cc(F)c(NCCc2cccnc2)nc1F. The smallest absolute Gasteiger partial charge is 0.251 e. The van der Waals surface area contributed by atoms with Gasteiger partial charge in [0.25, 0.3) is 5.95 Å². The number of pyridine rings is 2. The second-order valence-electron chi connectivity index (χ2n) is 3.63. The number of aromatic nitrogens is 2. The summed E-state index contributed by atoms with van der Waals surface area (Å²) < 4.78 is 38.7. The van der Waals surface area contributed by atoms with Gasteiger partial charge in [-0.3, -0.25) is 4.98 Å². The summed E-state index contributed by atoms with van der Waals surface area (Å²) in [7, 11) is 0. The fraction of sp³-hybridized carbons (Fsp3) is 0.167. The number of rotatable bonds is 4. The number of anilines is 1. The van der Waals surface area contributed by atoms with E-state index in [1.54, 1.807) is 18.5 Å². The highest BCUT2D eigenvalue weighted by Crippen LogP contribution is 2.14. The Kier molecular flexibility index (Phi) is 3.76. The van der Waals surface area contributed by atoms with Crippen molar-refractivity contribution in [3.05, 3.63) is 53.7 Å². The minimum absolute atomic E-state index is 0.294. The monoisotopic (exact) mass is 253 g/mol. The molecule has 0 amide bonds. The van der Waals surface area contributed by atoms with Crippen LogP contribution in [0.1, 0.15) is 5.56 Å². The number of hydrogen-bond donors (Lipinski definition) is 1. The molecule has 1 N–H and O–H groups in total. The van der Waals surface area contributed by atoms with E-state index < -0.39 is 17.6 Å². The van der Waals surface area contributed by atoms with E-state index in [1.807, 2.05) is 6.07 Å². The quantitative estimate of drug-likeness (QED) is 0.851. The number of nitrogens with zero attached hydrogens (tertiary/aromatic N) is 2. The molecule has 2 rings (SSSR count). The molecule has 0 unspecified atom stereocenters. The highest BCUT2D eigenvalue weighted by atomic mass is 19.2. The molecule has 0 saturated carbocycles. The lowest BCUT2D eigenvalue weighted by Gasteiger charge is -2.06. The van der Waals surface area contributed by atoms with Crippen molar-refractivity contribution in [3.8, 4) is 0 Å². The maximum absolute atomic E-state index is 13.2. The van der Waals surface area contributed by atoms with Crippen molar-refractivity contribution < 1.29 is 13.2 Å². The van der Waals surface area contributed by atoms with Crippen LogP contribution in [0.2, 0.25) is 0 Å². The van der Waals surface area contributed by atoms with Gasteiger partial charge in [-0.05, 0) is 18.1 Å². The zero-order valence-corrected chi connectivity index (χ0v) is 9.33. The van der Waals surface area contributed by atoms with Crippen LogP contribution in [0.5, 0.6) is 0 Å². The van der Waals surface area contributed by atoms with Crippen molar-refractivity contribution in [2.45, 2.75) is 6.42 Å². The Labute approximate surface area is 102 Å². The van der Waals surface area contributed by atoms with E-state index >= 15 is 0 Å². The Morgan fingerprint density at radius 2 is 2.00 bits per heavy atom. The Morgan fingerprint density at radius 1 is 1.17 bits per heavy atom. The summed E-state index contributed by atoms with van der Waals surface area (Å²) in [6, 6.07) is 4.12. The van der Waals surface area contributed by atoms with E-state index in [-0.39, 0.29) is 5.82 Å². The zero-order valence-electron chi connectivity index (χ0n) is 9.33. The molecule has 0 atom stereocenters. The van der Waals surface area contributed by atoms with Gasteiger partial charge in [-0.2, -0.15) is 9.37 Å². The van der Waals surface area contributed by atoms with Crippen LogP contribution in [-0.2, 0) is 6.42 Å². The number of nitrogens with one attached hydrogen (secondary N) is 1. The molecule has 0 spiro atoms. The molecular formula is C12H10F3N3. The molecule has 0 fully saturated rings. The molecule has 2 heterocycles. The van der Waals surface area contributed by atoms with Crippen molar-refractivity contribution in [2.75, 3.05) is 11.9 Å². The summed E-state index contributed by atoms with van der Waals surface area (Å²) in [5.74, 6) is -3.83. The van der Waals surface area contributed by atoms with E-state index in [0.29, 0.717) is 19.0 Å². The summed E-state index contributed by atoms with van der Waals surface area (Å²) in [4.78, 5) is 7.09. The zero-order chi connectivity index (χ0) is 13.0. The van der Waals surface area contributed by atoms with Crippen LogP contribution < -0.4 is 5.32 Å². The molecule has 2 aromatic rings. The first kappa shape index (κ1) is 12.3. The summed E-state index contributed by atoms with van der Waals surface area (Å²) in [6.45, 7) is 0.348. The lowest BCUT2D eigenvalue weighted by atomic mass is 10.2. The Balaban J connectivity index is 1.97. The van der Waals surface area contributed by atoms with Crippen LogP contribution in [0.15, 0.2) is 30.6 Å². The average molecular weight is 253 g/mol. The molecule has 18 heavy (non-hydrogen) atoms. The maximum atomic E-state index is 13.2. The normalized spacial score (nSPS) is 10.4. The predicted octanol–water partition coefficient (Wildman–Crippen LogP) is 2.55. The van der Waals surface area contributed by atoms with Crippen LogP contribution in [-0.4, -0.2) is 16.5 Å². The molecule has 6 heteroatoms. The molecule has 0 aliphatic heterocycles. The summed E-state index contributed by atoms with van der Waals surface area (Å²) >= 11 is 0. The predicted molar refractivity (Wildman–Crippen MR) is 60.5 cm³/mol. The van der Waals surface area contributed by atoms with Gasteiger partial charge in [0, 0.05) is 25.0 Å². The van der Waals surface area contributed by atoms with Crippen LogP contribution in [0.4, 0.5) is 19.0 Å². The summed E-state index contributed by atoms with van der Waals surface area (Å²) in [5, 5.41) is 2.61. The Bertz CT molecular complexity index is 532. The third-order valence-corrected chi connectivity index (χ3v) is 2.32. The van der Waals surface area contributed by atoms with Crippen molar-refractivity contribution in [2.24, 2.45) is 0 Å². The van der Waals surface area contributed by atoms with Gasteiger partial charge in [0.2, 0.25) is 0 Å². The van der Waals surface area contributed by atoms with Gasteiger partial charge in [-0.1, -0.05) is 6.07 Å². The third-order valence-electron chi connectivity index (χ3n) is 2.32. The van der Waals surface area contributed by atoms with Crippen LogP contribution in [0, 0.1) is 17.6 Å². The van der Waals surface area contributed by atoms with Gasteiger partial charge in [0.1, 0.15) is 0 Å². The second kappa shape index (κ2) is 5.48. The van der Waals surface area contributed by atoms with Crippen LogP contribution >= 0.6 is 0 Å². The third kappa shape index (κ3) is 2.97. The minimum Gasteiger partial charge on any atom is -0.367 e. The first-order valence-corrected chi connectivity index (χ1v) is 5.31. The molecule has 0 radical (unpaired) electrons. The standard InChI is InChI=1S/C12H10F3N3/c13-9-6-10(14)12(18-11(9)15)17-5-3-8-2-1-4-16-7-8/h1-2,4,6-7H,3,5H2,(H,17,18). The van der Waals surface area contributed by atoms with Crippen molar-refractivity contribution in [1.29, 1.82) is 0 Å². The molecule has 0 aromatic carbocycles. The summed E-state index contributed by atoms with van der Waals surface area (Å²) in [6.07, 6.45) is 3.90. The number of halogens is 3. The average Bonchev–Trinajstić information content (AvgIpc) is 2.37. The summed E-state index contributed by atoms with van der Waals surface area (Å²) in [5.41, 5.74) is 0.952. The molecule has 2 aromatic heterocycles. The molecule has 0 aliphatic rings. The molecule has 0 bridgehead atoms. The highest BCUT2D eigenvalue weighted by Gasteiger charge is 2.10. The first-order chi connectivity index (χ1) is 8.66. The van der Waals surface area contributed by atoms with Crippen molar-refractivity contribution in [1.82, 2.24) is 9.97 Å². The Morgan fingerprint density at radius 3 is 2.72 bits per heavy atom. The van der Waals surface area contributed by atoms with Gasteiger partial charge >= 0.3 is 0 Å². The molecule has 0 aliphatic carbocycles. The van der Waals surface area contributed by atoms with Gasteiger partial charge in [-0.15, -0.1) is 0 Å². The topological polar surface area (TPSA) is 37.8 Å². The number of hydrogen-bond acceptors (Lipinski definition) is 3. The molecule has 3 nitrogen and oxygen atoms in total. The van der Waals surface area contributed by atoms with Crippen molar-refractivity contribution in [3.63, 3.8) is 0 Å². The van der Waals surface area contributed by atoms with Gasteiger partial charge in [0.05, 0.1) is 0 Å². The lowest BCUT2D eigenvalue weighted by molar-refractivity contribution is 0.466. The Hall–Kier alpha value is -2.11. The first-order valence-electron chi connectivity index (χ1n) is 5.31. The fourth-order valence-electron chi connectivity index (χ4n) is 1.44. The van der Waals surface area contributed by atoms with E-state index in [0.717, 1.165) is 5.56 Å².